The van der Waals surface area contributed by atoms with E-state index >= 15 is 0 Å². The first-order chi connectivity index (χ1) is 10.7. The SMILES string of the molecule is Oc1ccccc1/C=N/NC(=S)N/N=C/c1ccccc1O. The van der Waals surface area contributed by atoms with Gasteiger partial charge in [-0.15, -0.1) is 0 Å². The Balaban J connectivity index is 1.84. The molecule has 0 heterocycles. The fraction of sp³-hybridized carbons (Fsp3) is 0. The Labute approximate surface area is 132 Å². The molecule has 0 fully saturated rings. The molecule has 2 aromatic rings. The number of para-hydroxylation sites is 2. The van der Waals surface area contributed by atoms with Gasteiger partial charge < -0.3 is 10.2 Å². The normalized spacial score (nSPS) is 10.9. The summed E-state index contributed by atoms with van der Waals surface area (Å²) in [4.78, 5) is 0. The molecule has 0 aliphatic heterocycles. The van der Waals surface area contributed by atoms with Gasteiger partial charge in [0.05, 0.1) is 12.4 Å². The van der Waals surface area contributed by atoms with Crippen molar-refractivity contribution in [3.8, 4) is 11.5 Å². The van der Waals surface area contributed by atoms with Gasteiger partial charge in [0.15, 0.2) is 0 Å². The lowest BCUT2D eigenvalue weighted by Crippen LogP contribution is -2.28. The fourth-order valence-corrected chi connectivity index (χ4v) is 1.64. The van der Waals surface area contributed by atoms with Crippen molar-refractivity contribution in [3.63, 3.8) is 0 Å². The molecule has 0 atom stereocenters. The lowest BCUT2D eigenvalue weighted by molar-refractivity contribution is 0.474. The largest absolute Gasteiger partial charge is 0.507 e. The van der Waals surface area contributed by atoms with Crippen molar-refractivity contribution in [2.24, 2.45) is 10.2 Å². The van der Waals surface area contributed by atoms with Crippen LogP contribution in [0.25, 0.3) is 0 Å². The van der Waals surface area contributed by atoms with E-state index < -0.39 is 0 Å². The number of hydrogen-bond acceptors (Lipinski definition) is 5. The molecule has 7 heteroatoms. The van der Waals surface area contributed by atoms with E-state index in [2.05, 4.69) is 21.1 Å². The lowest BCUT2D eigenvalue weighted by Gasteiger charge is -2.02. The van der Waals surface area contributed by atoms with E-state index in [-0.39, 0.29) is 16.6 Å². The second kappa shape index (κ2) is 7.75. The Kier molecular flexibility index (Phi) is 5.44. The molecule has 2 aromatic carbocycles. The highest BCUT2D eigenvalue weighted by atomic mass is 32.1. The number of hydrogen-bond donors (Lipinski definition) is 4. The number of aromatic hydroxyl groups is 2. The van der Waals surface area contributed by atoms with Crippen LogP contribution in [0.1, 0.15) is 11.1 Å². The lowest BCUT2D eigenvalue weighted by atomic mass is 10.2. The summed E-state index contributed by atoms with van der Waals surface area (Å²) in [5.41, 5.74) is 6.25. The monoisotopic (exact) mass is 314 g/mol. The molecule has 0 radical (unpaired) electrons. The maximum Gasteiger partial charge on any atom is 0.207 e. The van der Waals surface area contributed by atoms with Gasteiger partial charge in [0.25, 0.3) is 0 Å². The zero-order chi connectivity index (χ0) is 15.8. The zero-order valence-corrected chi connectivity index (χ0v) is 12.3. The van der Waals surface area contributed by atoms with E-state index in [1.807, 2.05) is 0 Å². The smallest absolute Gasteiger partial charge is 0.207 e. The summed E-state index contributed by atoms with van der Waals surface area (Å²) in [7, 11) is 0. The van der Waals surface area contributed by atoms with Crippen LogP contribution in [0.4, 0.5) is 0 Å². The highest BCUT2D eigenvalue weighted by Crippen LogP contribution is 2.13. The summed E-state index contributed by atoms with van der Waals surface area (Å²) in [5.74, 6) is 0.258. The summed E-state index contributed by atoms with van der Waals surface area (Å²) in [5, 5.41) is 27.1. The average Bonchev–Trinajstić information content (AvgIpc) is 2.51. The molecule has 0 aliphatic carbocycles. The van der Waals surface area contributed by atoms with Crippen molar-refractivity contribution in [2.75, 3.05) is 0 Å². The van der Waals surface area contributed by atoms with Gasteiger partial charge >= 0.3 is 0 Å². The topological polar surface area (TPSA) is 89.2 Å². The minimum Gasteiger partial charge on any atom is -0.507 e. The van der Waals surface area contributed by atoms with E-state index in [1.165, 1.54) is 12.4 Å². The molecule has 0 saturated carbocycles. The number of nitrogens with zero attached hydrogens (tertiary/aromatic N) is 2. The first-order valence-electron chi connectivity index (χ1n) is 6.35. The third kappa shape index (κ3) is 4.57. The summed E-state index contributed by atoms with van der Waals surface area (Å²) >= 11 is 4.98. The average molecular weight is 314 g/mol. The maximum absolute atomic E-state index is 9.55. The summed E-state index contributed by atoms with van der Waals surface area (Å²) < 4.78 is 0. The second-order valence-electron chi connectivity index (χ2n) is 4.19. The molecule has 0 saturated heterocycles. The summed E-state index contributed by atoms with van der Waals surface area (Å²) in [6.07, 6.45) is 2.88. The molecule has 0 amide bonds. The molecular weight excluding hydrogens is 300 g/mol. The maximum atomic E-state index is 9.55. The molecule has 0 unspecified atom stereocenters. The molecule has 0 aromatic heterocycles. The van der Waals surface area contributed by atoms with Crippen molar-refractivity contribution in [1.82, 2.24) is 10.9 Å². The Morgan fingerprint density at radius 2 is 1.23 bits per heavy atom. The van der Waals surface area contributed by atoms with Crippen LogP contribution in [0.2, 0.25) is 0 Å². The van der Waals surface area contributed by atoms with Crippen LogP contribution in [0.5, 0.6) is 11.5 Å². The van der Waals surface area contributed by atoms with Crippen LogP contribution in [-0.4, -0.2) is 27.8 Å². The first kappa shape index (κ1) is 15.5. The van der Waals surface area contributed by atoms with E-state index in [1.54, 1.807) is 48.5 Å². The van der Waals surface area contributed by atoms with Crippen LogP contribution >= 0.6 is 12.2 Å². The number of hydrazone groups is 2. The number of phenols is 2. The number of rotatable bonds is 4. The number of thiocarbonyl (C=S) groups is 1. The Bertz CT molecular complexity index is 657. The summed E-state index contributed by atoms with van der Waals surface area (Å²) in [6, 6.07) is 13.6. The second-order valence-corrected chi connectivity index (χ2v) is 4.60. The number of phenolic OH excluding ortho intramolecular Hbond substituents is 2. The molecule has 6 nitrogen and oxygen atoms in total. The van der Waals surface area contributed by atoms with Crippen molar-refractivity contribution < 1.29 is 10.2 Å². The zero-order valence-electron chi connectivity index (χ0n) is 11.5. The van der Waals surface area contributed by atoms with Gasteiger partial charge in [-0.1, -0.05) is 24.3 Å². The van der Waals surface area contributed by atoms with Crippen LogP contribution in [0.3, 0.4) is 0 Å². The highest BCUT2D eigenvalue weighted by Gasteiger charge is 1.96. The molecule has 0 bridgehead atoms. The van der Waals surface area contributed by atoms with Crippen molar-refractivity contribution in [2.45, 2.75) is 0 Å². The fourth-order valence-electron chi connectivity index (χ4n) is 1.54. The van der Waals surface area contributed by atoms with Crippen LogP contribution in [0, 0.1) is 0 Å². The third-order valence-electron chi connectivity index (χ3n) is 2.61. The van der Waals surface area contributed by atoms with Gasteiger partial charge in [0.1, 0.15) is 11.5 Å². The third-order valence-corrected chi connectivity index (χ3v) is 2.80. The summed E-state index contributed by atoms with van der Waals surface area (Å²) in [6.45, 7) is 0. The van der Waals surface area contributed by atoms with E-state index in [0.717, 1.165) is 0 Å². The molecular formula is C15H14N4O2S. The number of benzene rings is 2. The highest BCUT2D eigenvalue weighted by molar-refractivity contribution is 7.80. The first-order valence-corrected chi connectivity index (χ1v) is 6.76. The molecule has 2 rings (SSSR count). The molecule has 22 heavy (non-hydrogen) atoms. The van der Waals surface area contributed by atoms with E-state index in [4.69, 9.17) is 12.2 Å². The van der Waals surface area contributed by atoms with Crippen LogP contribution in [-0.2, 0) is 0 Å². The van der Waals surface area contributed by atoms with Crippen LogP contribution in [0.15, 0.2) is 58.7 Å². The minimum atomic E-state index is 0.129. The van der Waals surface area contributed by atoms with Crippen molar-refractivity contribution >= 4 is 29.8 Å². The molecule has 0 spiro atoms. The predicted molar refractivity (Wildman–Crippen MR) is 90.3 cm³/mol. The van der Waals surface area contributed by atoms with E-state index in [0.29, 0.717) is 11.1 Å². The van der Waals surface area contributed by atoms with Gasteiger partial charge in [-0.3, -0.25) is 10.9 Å². The van der Waals surface area contributed by atoms with Gasteiger partial charge in [0.2, 0.25) is 5.11 Å². The predicted octanol–water partition coefficient (Wildman–Crippen LogP) is 1.93. The number of nitrogens with one attached hydrogen (secondary N) is 2. The van der Waals surface area contributed by atoms with Gasteiger partial charge in [0, 0.05) is 11.1 Å². The van der Waals surface area contributed by atoms with Gasteiger partial charge in [-0.05, 0) is 36.5 Å². The van der Waals surface area contributed by atoms with Crippen molar-refractivity contribution in [1.29, 1.82) is 0 Å². The van der Waals surface area contributed by atoms with Gasteiger partial charge in [-0.25, -0.2) is 0 Å². The van der Waals surface area contributed by atoms with Crippen LogP contribution < -0.4 is 10.9 Å². The minimum absolute atomic E-state index is 0.129. The molecule has 112 valence electrons. The van der Waals surface area contributed by atoms with Gasteiger partial charge in [-0.2, -0.15) is 10.2 Å². The Hall–Kier alpha value is -2.93. The Morgan fingerprint density at radius 3 is 1.64 bits per heavy atom. The standard InChI is InChI=1S/C15H14N4O2S/c20-13-7-3-1-5-11(13)9-16-18-15(22)19-17-10-12-6-2-4-8-14(12)21/h1-10,20-21H,(H2,18,19,22)/b16-9+,17-10+. The van der Waals surface area contributed by atoms with E-state index in [9.17, 15) is 10.2 Å². The Morgan fingerprint density at radius 1 is 0.818 bits per heavy atom. The molecule has 0 aliphatic rings. The quantitative estimate of drug-likeness (QED) is 0.393. The molecule has 4 N–H and O–H groups in total. The van der Waals surface area contributed by atoms with Crippen molar-refractivity contribution in [3.05, 3.63) is 59.7 Å².